The molecule has 8 heteroatoms. The van der Waals surface area contributed by atoms with E-state index in [2.05, 4.69) is 14.7 Å². The molecule has 0 saturated heterocycles. The van der Waals surface area contributed by atoms with Crippen LogP contribution in [-0.4, -0.2) is 34.1 Å². The molecule has 0 aliphatic heterocycles. The third-order valence-corrected chi connectivity index (χ3v) is 3.98. The Labute approximate surface area is 116 Å². The molecule has 0 amide bonds. The second-order valence-electron chi connectivity index (χ2n) is 3.26. The molecule has 2 heterocycles. The van der Waals surface area contributed by atoms with Gasteiger partial charge >= 0.3 is 11.9 Å². The SMILES string of the molecule is COC(=O)c1nccc(Sc2csc(C(=O)O)c2)n1. The van der Waals surface area contributed by atoms with Crippen molar-refractivity contribution in [2.75, 3.05) is 7.11 Å². The van der Waals surface area contributed by atoms with Crippen LogP contribution in [-0.2, 0) is 4.74 Å². The maximum absolute atomic E-state index is 11.3. The molecule has 2 aromatic rings. The number of nitrogens with zero attached hydrogens (tertiary/aromatic N) is 2. The Kier molecular flexibility index (Phi) is 4.13. The summed E-state index contributed by atoms with van der Waals surface area (Å²) in [4.78, 5) is 30.9. The minimum Gasteiger partial charge on any atom is -0.477 e. The summed E-state index contributed by atoms with van der Waals surface area (Å²) in [6.45, 7) is 0. The van der Waals surface area contributed by atoms with E-state index in [1.807, 2.05) is 0 Å². The van der Waals surface area contributed by atoms with Crippen molar-refractivity contribution in [2.24, 2.45) is 0 Å². The summed E-state index contributed by atoms with van der Waals surface area (Å²) in [6.07, 6.45) is 1.45. The van der Waals surface area contributed by atoms with Crippen molar-refractivity contribution in [3.8, 4) is 0 Å². The van der Waals surface area contributed by atoms with E-state index in [1.165, 1.54) is 25.1 Å². The monoisotopic (exact) mass is 296 g/mol. The van der Waals surface area contributed by atoms with E-state index >= 15 is 0 Å². The van der Waals surface area contributed by atoms with E-state index in [9.17, 15) is 9.59 Å². The Morgan fingerprint density at radius 2 is 2.26 bits per heavy atom. The van der Waals surface area contributed by atoms with Crippen LogP contribution >= 0.6 is 23.1 Å². The molecule has 0 atom stereocenters. The molecule has 98 valence electrons. The van der Waals surface area contributed by atoms with E-state index in [0.717, 1.165) is 16.2 Å². The Bertz CT molecular complexity index is 627. The fourth-order valence-electron chi connectivity index (χ4n) is 1.19. The maximum atomic E-state index is 11.3. The molecule has 0 radical (unpaired) electrons. The topological polar surface area (TPSA) is 89.4 Å². The average Bonchev–Trinajstić information content (AvgIpc) is 2.87. The second kappa shape index (κ2) is 5.81. The van der Waals surface area contributed by atoms with E-state index in [1.54, 1.807) is 17.5 Å². The van der Waals surface area contributed by atoms with Gasteiger partial charge in [0, 0.05) is 16.5 Å². The highest BCUT2D eigenvalue weighted by molar-refractivity contribution is 7.99. The number of aromatic carboxylic acids is 1. The first-order valence-corrected chi connectivity index (χ1v) is 6.71. The Morgan fingerprint density at radius 3 is 2.89 bits per heavy atom. The van der Waals surface area contributed by atoms with Crippen molar-refractivity contribution >= 4 is 35.0 Å². The highest BCUT2D eigenvalue weighted by atomic mass is 32.2. The van der Waals surface area contributed by atoms with Crippen molar-refractivity contribution in [2.45, 2.75) is 9.92 Å². The number of carboxylic acids is 1. The lowest BCUT2D eigenvalue weighted by Gasteiger charge is -2.00. The molecule has 0 saturated carbocycles. The number of methoxy groups -OCH3 is 1. The summed E-state index contributed by atoms with van der Waals surface area (Å²) in [5, 5.41) is 11.1. The molecule has 0 aromatic carbocycles. The largest absolute Gasteiger partial charge is 0.477 e. The summed E-state index contributed by atoms with van der Waals surface area (Å²) in [5.74, 6) is -1.60. The second-order valence-corrected chi connectivity index (χ2v) is 5.27. The smallest absolute Gasteiger partial charge is 0.376 e. The predicted molar refractivity (Wildman–Crippen MR) is 68.8 cm³/mol. The highest BCUT2D eigenvalue weighted by Crippen LogP contribution is 2.30. The van der Waals surface area contributed by atoms with Crippen molar-refractivity contribution in [1.29, 1.82) is 0 Å². The number of rotatable bonds is 4. The summed E-state index contributed by atoms with van der Waals surface area (Å²) in [5.41, 5.74) is 0. The lowest BCUT2D eigenvalue weighted by Crippen LogP contribution is -2.07. The van der Waals surface area contributed by atoms with Crippen LogP contribution in [0, 0.1) is 0 Å². The van der Waals surface area contributed by atoms with Gasteiger partial charge in [0.25, 0.3) is 0 Å². The zero-order valence-corrected chi connectivity index (χ0v) is 11.3. The van der Waals surface area contributed by atoms with Gasteiger partial charge in [-0.1, -0.05) is 11.8 Å². The van der Waals surface area contributed by atoms with E-state index in [4.69, 9.17) is 5.11 Å². The van der Waals surface area contributed by atoms with E-state index < -0.39 is 11.9 Å². The third-order valence-electron chi connectivity index (χ3n) is 2.01. The fraction of sp³-hybridized carbons (Fsp3) is 0.0909. The quantitative estimate of drug-likeness (QED) is 0.683. The molecular weight excluding hydrogens is 288 g/mol. The molecule has 0 fully saturated rings. The van der Waals surface area contributed by atoms with E-state index in [0.29, 0.717) is 5.03 Å². The molecular formula is C11H8N2O4S2. The van der Waals surface area contributed by atoms with Crippen LogP contribution in [0.4, 0.5) is 0 Å². The number of carbonyl (C=O) groups is 2. The zero-order chi connectivity index (χ0) is 13.8. The number of thiophene rings is 1. The van der Waals surface area contributed by atoms with Crippen LogP contribution in [0.1, 0.15) is 20.3 Å². The summed E-state index contributed by atoms with van der Waals surface area (Å²) in [6, 6.07) is 3.19. The number of carbonyl (C=O) groups excluding carboxylic acids is 1. The molecule has 6 nitrogen and oxygen atoms in total. The Balaban J connectivity index is 2.18. The van der Waals surface area contributed by atoms with Crippen LogP contribution < -0.4 is 0 Å². The lowest BCUT2D eigenvalue weighted by molar-refractivity contribution is 0.0585. The van der Waals surface area contributed by atoms with Crippen LogP contribution in [0.3, 0.4) is 0 Å². The number of hydrogen-bond acceptors (Lipinski definition) is 7. The van der Waals surface area contributed by atoms with Gasteiger partial charge in [0.15, 0.2) is 0 Å². The zero-order valence-electron chi connectivity index (χ0n) is 9.69. The average molecular weight is 296 g/mol. The molecule has 0 unspecified atom stereocenters. The van der Waals surface area contributed by atoms with Crippen LogP contribution in [0.5, 0.6) is 0 Å². The Morgan fingerprint density at radius 1 is 1.47 bits per heavy atom. The van der Waals surface area contributed by atoms with Gasteiger partial charge in [0.05, 0.1) is 7.11 Å². The number of hydrogen-bond donors (Lipinski definition) is 1. The summed E-state index contributed by atoms with van der Waals surface area (Å²) >= 11 is 2.39. The maximum Gasteiger partial charge on any atom is 0.376 e. The standard InChI is InChI=1S/C11H8N2O4S2/c1-17-11(16)9-12-3-2-8(13-9)19-6-4-7(10(14)15)18-5-6/h2-5H,1H3,(H,14,15). The molecule has 19 heavy (non-hydrogen) atoms. The predicted octanol–water partition coefficient (Wildman–Crippen LogP) is 2.17. The first-order valence-electron chi connectivity index (χ1n) is 5.01. The van der Waals surface area contributed by atoms with Gasteiger partial charge in [-0.25, -0.2) is 19.6 Å². The molecule has 1 N–H and O–H groups in total. The third kappa shape index (κ3) is 3.30. The van der Waals surface area contributed by atoms with E-state index in [-0.39, 0.29) is 10.7 Å². The lowest BCUT2D eigenvalue weighted by atomic mass is 10.5. The van der Waals surface area contributed by atoms with Gasteiger partial charge < -0.3 is 9.84 Å². The van der Waals surface area contributed by atoms with Crippen molar-refractivity contribution in [1.82, 2.24) is 9.97 Å². The molecule has 0 bridgehead atoms. The molecule has 2 aromatic heterocycles. The van der Waals surface area contributed by atoms with Gasteiger partial charge in [-0.3, -0.25) is 0 Å². The fourth-order valence-corrected chi connectivity index (χ4v) is 2.89. The van der Waals surface area contributed by atoms with Crippen molar-refractivity contribution in [3.05, 3.63) is 34.4 Å². The normalized spacial score (nSPS) is 10.2. The minimum absolute atomic E-state index is 0.0267. The van der Waals surface area contributed by atoms with Crippen molar-refractivity contribution < 1.29 is 19.4 Å². The van der Waals surface area contributed by atoms with Crippen molar-refractivity contribution in [3.63, 3.8) is 0 Å². The molecule has 2 rings (SSSR count). The van der Waals surface area contributed by atoms with Gasteiger partial charge in [-0.05, 0) is 12.1 Å². The van der Waals surface area contributed by atoms with Crippen LogP contribution in [0.15, 0.2) is 33.6 Å². The minimum atomic E-state index is -0.963. The van der Waals surface area contributed by atoms with Gasteiger partial charge in [-0.15, -0.1) is 11.3 Å². The first-order chi connectivity index (χ1) is 9.10. The van der Waals surface area contributed by atoms with Crippen LogP contribution in [0.2, 0.25) is 0 Å². The molecule has 0 aliphatic carbocycles. The number of carboxylic acid groups (broad SMARTS) is 1. The van der Waals surface area contributed by atoms with Gasteiger partial charge in [0.2, 0.25) is 5.82 Å². The number of ether oxygens (including phenoxy) is 1. The van der Waals surface area contributed by atoms with Gasteiger partial charge in [-0.2, -0.15) is 0 Å². The number of esters is 1. The number of aromatic nitrogens is 2. The Hall–Kier alpha value is -1.93. The summed E-state index contributed by atoms with van der Waals surface area (Å²) < 4.78 is 4.53. The van der Waals surface area contributed by atoms with Crippen LogP contribution in [0.25, 0.3) is 0 Å². The first kappa shape index (κ1) is 13.5. The molecule has 0 aliphatic rings. The summed E-state index contributed by atoms with van der Waals surface area (Å²) in [7, 11) is 1.25. The highest BCUT2D eigenvalue weighted by Gasteiger charge is 2.12. The van der Waals surface area contributed by atoms with Gasteiger partial charge in [0.1, 0.15) is 9.90 Å². The molecule has 0 spiro atoms.